The van der Waals surface area contributed by atoms with Gasteiger partial charge in [0, 0.05) is 24.9 Å². The zero-order valence-corrected chi connectivity index (χ0v) is 10.9. The van der Waals surface area contributed by atoms with Gasteiger partial charge in [0.05, 0.1) is 17.2 Å². The summed E-state index contributed by atoms with van der Waals surface area (Å²) in [6.45, 7) is 4.52. The average molecular weight is 241 g/mol. The number of amides is 1. The van der Waals surface area contributed by atoms with Gasteiger partial charge in [0.1, 0.15) is 0 Å². The molecule has 2 N–H and O–H groups in total. The van der Waals surface area contributed by atoms with Gasteiger partial charge in [0.15, 0.2) is 0 Å². The monoisotopic (exact) mass is 241 g/mol. The van der Waals surface area contributed by atoms with Crippen LogP contribution >= 0.6 is 11.3 Å². The molecule has 0 spiro atoms. The van der Waals surface area contributed by atoms with E-state index in [4.69, 9.17) is 5.73 Å². The molecule has 0 aliphatic rings. The van der Waals surface area contributed by atoms with E-state index in [0.29, 0.717) is 13.0 Å². The van der Waals surface area contributed by atoms with Crippen molar-refractivity contribution in [2.45, 2.75) is 39.3 Å². The van der Waals surface area contributed by atoms with Crippen molar-refractivity contribution in [3.05, 3.63) is 16.1 Å². The topological polar surface area (TPSA) is 59.2 Å². The maximum atomic E-state index is 11.7. The molecular weight excluding hydrogens is 222 g/mol. The molecule has 16 heavy (non-hydrogen) atoms. The summed E-state index contributed by atoms with van der Waals surface area (Å²) in [4.78, 5) is 17.8. The third-order valence-electron chi connectivity index (χ3n) is 2.45. The second-order valence-corrected chi connectivity index (χ2v) is 5.04. The Kier molecular flexibility index (Phi) is 4.89. The number of hydrogen-bond acceptors (Lipinski definition) is 4. The van der Waals surface area contributed by atoms with Crippen molar-refractivity contribution in [2.75, 3.05) is 7.05 Å². The average Bonchev–Trinajstić information content (AvgIpc) is 2.63. The van der Waals surface area contributed by atoms with Gasteiger partial charge in [-0.25, -0.2) is 4.98 Å². The van der Waals surface area contributed by atoms with Gasteiger partial charge < -0.3 is 10.6 Å². The number of aromatic nitrogens is 1. The van der Waals surface area contributed by atoms with Gasteiger partial charge in [-0.2, -0.15) is 0 Å². The third kappa shape index (κ3) is 3.90. The lowest BCUT2D eigenvalue weighted by molar-refractivity contribution is -0.130. The first-order valence-corrected chi connectivity index (χ1v) is 6.31. The van der Waals surface area contributed by atoms with Crippen molar-refractivity contribution in [3.8, 4) is 0 Å². The van der Waals surface area contributed by atoms with Gasteiger partial charge in [-0.3, -0.25) is 4.79 Å². The van der Waals surface area contributed by atoms with Gasteiger partial charge in [-0.1, -0.05) is 6.92 Å². The minimum Gasteiger partial charge on any atom is -0.340 e. The molecule has 0 saturated carbocycles. The predicted octanol–water partition coefficient (Wildman–Crippen LogP) is 1.54. The highest BCUT2D eigenvalue weighted by Gasteiger charge is 2.13. The highest BCUT2D eigenvalue weighted by Crippen LogP contribution is 2.10. The molecule has 0 aromatic carbocycles. The normalized spacial score (nSPS) is 12.5. The standard InChI is InChI=1S/C11H19N3OS/c1-4-9(12)5-11(15)14(3)6-10-7-16-8(2)13-10/h7,9H,4-6,12H2,1-3H3. The van der Waals surface area contributed by atoms with E-state index in [1.54, 1.807) is 23.3 Å². The van der Waals surface area contributed by atoms with Crippen LogP contribution < -0.4 is 5.73 Å². The van der Waals surface area contributed by atoms with Gasteiger partial charge in [-0.05, 0) is 13.3 Å². The number of nitrogens with two attached hydrogens (primary N) is 1. The Morgan fingerprint density at radius 2 is 2.38 bits per heavy atom. The van der Waals surface area contributed by atoms with Crippen molar-refractivity contribution in [1.29, 1.82) is 0 Å². The summed E-state index contributed by atoms with van der Waals surface area (Å²) >= 11 is 1.60. The minimum atomic E-state index is -0.0351. The molecular formula is C11H19N3OS. The van der Waals surface area contributed by atoms with Crippen LogP contribution in [0.1, 0.15) is 30.5 Å². The van der Waals surface area contributed by atoms with E-state index in [0.717, 1.165) is 17.1 Å². The van der Waals surface area contributed by atoms with Crippen LogP contribution in [0.15, 0.2) is 5.38 Å². The fraction of sp³-hybridized carbons (Fsp3) is 0.636. The highest BCUT2D eigenvalue weighted by molar-refractivity contribution is 7.09. The van der Waals surface area contributed by atoms with Crippen LogP contribution in [-0.4, -0.2) is 28.9 Å². The number of carbonyl (C=O) groups excluding carboxylic acids is 1. The van der Waals surface area contributed by atoms with Crippen molar-refractivity contribution in [3.63, 3.8) is 0 Å². The first-order chi connectivity index (χ1) is 7.52. The predicted molar refractivity (Wildman–Crippen MR) is 66.2 cm³/mol. The molecule has 90 valence electrons. The second-order valence-electron chi connectivity index (χ2n) is 3.98. The number of aryl methyl sites for hydroxylation is 1. The lowest BCUT2D eigenvalue weighted by Gasteiger charge is -2.17. The Morgan fingerprint density at radius 1 is 1.69 bits per heavy atom. The maximum Gasteiger partial charge on any atom is 0.224 e. The Labute approximate surface area is 100 Å². The molecule has 1 amide bonds. The lowest BCUT2D eigenvalue weighted by atomic mass is 10.1. The number of carbonyl (C=O) groups is 1. The van der Waals surface area contributed by atoms with Gasteiger partial charge in [0.2, 0.25) is 5.91 Å². The van der Waals surface area contributed by atoms with Crippen LogP contribution in [0.5, 0.6) is 0 Å². The first-order valence-electron chi connectivity index (χ1n) is 5.43. The Morgan fingerprint density at radius 3 is 2.88 bits per heavy atom. The van der Waals surface area contributed by atoms with Gasteiger partial charge >= 0.3 is 0 Å². The minimum absolute atomic E-state index is 0.0351. The summed E-state index contributed by atoms with van der Waals surface area (Å²) in [6, 6.07) is -0.0351. The molecule has 0 saturated heterocycles. The van der Waals surface area contributed by atoms with E-state index in [-0.39, 0.29) is 11.9 Å². The van der Waals surface area contributed by atoms with Crippen LogP contribution in [0.2, 0.25) is 0 Å². The first kappa shape index (κ1) is 13.1. The van der Waals surface area contributed by atoms with Crippen LogP contribution in [-0.2, 0) is 11.3 Å². The van der Waals surface area contributed by atoms with E-state index in [2.05, 4.69) is 4.98 Å². The van der Waals surface area contributed by atoms with E-state index < -0.39 is 0 Å². The van der Waals surface area contributed by atoms with Crippen LogP contribution in [0.25, 0.3) is 0 Å². The zero-order valence-electron chi connectivity index (χ0n) is 10.1. The lowest BCUT2D eigenvalue weighted by Crippen LogP contribution is -2.32. The molecule has 0 aliphatic carbocycles. The van der Waals surface area contributed by atoms with E-state index in [1.807, 2.05) is 19.2 Å². The molecule has 0 aliphatic heterocycles. The van der Waals surface area contributed by atoms with Crippen LogP contribution in [0.4, 0.5) is 0 Å². The molecule has 1 unspecified atom stereocenters. The Hall–Kier alpha value is -0.940. The Balaban J connectivity index is 2.45. The zero-order chi connectivity index (χ0) is 12.1. The number of hydrogen-bond donors (Lipinski definition) is 1. The summed E-state index contributed by atoms with van der Waals surface area (Å²) in [5.41, 5.74) is 6.70. The number of rotatable bonds is 5. The quantitative estimate of drug-likeness (QED) is 0.850. The molecule has 4 nitrogen and oxygen atoms in total. The molecule has 1 heterocycles. The molecule has 0 bridgehead atoms. The molecule has 0 fully saturated rings. The summed E-state index contributed by atoms with van der Waals surface area (Å²) in [5.74, 6) is 0.0833. The molecule has 1 aromatic rings. The van der Waals surface area contributed by atoms with Crippen LogP contribution in [0.3, 0.4) is 0 Å². The van der Waals surface area contributed by atoms with Crippen molar-refractivity contribution >= 4 is 17.2 Å². The summed E-state index contributed by atoms with van der Waals surface area (Å²) < 4.78 is 0. The molecule has 1 rings (SSSR count). The molecule has 1 aromatic heterocycles. The van der Waals surface area contributed by atoms with Crippen molar-refractivity contribution in [2.24, 2.45) is 5.73 Å². The van der Waals surface area contributed by atoms with E-state index in [1.165, 1.54) is 0 Å². The van der Waals surface area contributed by atoms with Crippen LogP contribution in [0, 0.1) is 6.92 Å². The third-order valence-corrected chi connectivity index (χ3v) is 3.28. The molecule has 5 heteroatoms. The molecule has 1 atom stereocenters. The summed E-state index contributed by atoms with van der Waals surface area (Å²) in [6.07, 6.45) is 1.24. The Bertz CT molecular complexity index is 351. The highest BCUT2D eigenvalue weighted by atomic mass is 32.1. The summed E-state index contributed by atoms with van der Waals surface area (Å²) in [5, 5.41) is 3.01. The smallest absolute Gasteiger partial charge is 0.224 e. The van der Waals surface area contributed by atoms with E-state index >= 15 is 0 Å². The maximum absolute atomic E-state index is 11.7. The van der Waals surface area contributed by atoms with Crippen molar-refractivity contribution in [1.82, 2.24) is 9.88 Å². The fourth-order valence-corrected chi connectivity index (χ4v) is 1.94. The summed E-state index contributed by atoms with van der Waals surface area (Å²) in [7, 11) is 1.79. The van der Waals surface area contributed by atoms with Crippen molar-refractivity contribution < 1.29 is 4.79 Å². The van der Waals surface area contributed by atoms with E-state index in [9.17, 15) is 4.79 Å². The SMILES string of the molecule is CCC(N)CC(=O)N(C)Cc1csc(C)n1. The fourth-order valence-electron chi connectivity index (χ4n) is 1.34. The molecule has 0 radical (unpaired) electrons. The number of nitrogens with zero attached hydrogens (tertiary/aromatic N) is 2. The van der Waals surface area contributed by atoms with Gasteiger partial charge in [-0.15, -0.1) is 11.3 Å². The number of thiazole rings is 1. The van der Waals surface area contributed by atoms with Gasteiger partial charge in [0.25, 0.3) is 0 Å². The second kappa shape index (κ2) is 5.96. The largest absolute Gasteiger partial charge is 0.340 e.